The Morgan fingerprint density at radius 1 is 1.40 bits per heavy atom. The summed E-state index contributed by atoms with van der Waals surface area (Å²) in [6, 6.07) is 3.32. The van der Waals surface area contributed by atoms with E-state index in [9.17, 15) is 9.90 Å². The predicted molar refractivity (Wildman–Crippen MR) is 78.1 cm³/mol. The predicted octanol–water partition coefficient (Wildman–Crippen LogP) is 2.84. The fraction of sp³-hybridized carbons (Fsp3) is 0.500. The van der Waals surface area contributed by atoms with Gasteiger partial charge in [0.2, 0.25) is 0 Å². The van der Waals surface area contributed by atoms with E-state index in [1.807, 2.05) is 13.8 Å². The number of carbonyl (C=O) groups is 1. The minimum absolute atomic E-state index is 0.127. The summed E-state index contributed by atoms with van der Waals surface area (Å²) in [5.41, 5.74) is 0.309. The van der Waals surface area contributed by atoms with Crippen LogP contribution in [0.25, 0.3) is 0 Å². The van der Waals surface area contributed by atoms with Gasteiger partial charge in [-0.2, -0.15) is 0 Å². The van der Waals surface area contributed by atoms with E-state index in [-0.39, 0.29) is 12.7 Å². The molecule has 0 fully saturated rings. The summed E-state index contributed by atoms with van der Waals surface area (Å²) < 4.78 is 16.4. The second kappa shape index (κ2) is 7.50. The fourth-order valence-electron chi connectivity index (χ4n) is 1.65. The molecule has 1 atom stereocenters. The zero-order valence-electron chi connectivity index (χ0n) is 12.0. The van der Waals surface area contributed by atoms with Crippen molar-refractivity contribution in [3.63, 3.8) is 0 Å². The number of hydrogen-bond acceptors (Lipinski definition) is 5. The lowest BCUT2D eigenvalue weighted by Crippen LogP contribution is -2.18. The number of aliphatic hydroxyl groups is 1. The molecule has 1 N–H and O–H groups in total. The quantitative estimate of drug-likeness (QED) is 0.802. The van der Waals surface area contributed by atoms with E-state index in [1.54, 1.807) is 19.1 Å². The Morgan fingerprint density at radius 2 is 2.05 bits per heavy atom. The van der Waals surface area contributed by atoms with Crippen LogP contribution in [0.1, 0.15) is 32.4 Å². The van der Waals surface area contributed by atoms with Crippen LogP contribution in [-0.2, 0) is 9.53 Å². The number of hydrogen-bond donors (Lipinski definition) is 1. The lowest BCUT2D eigenvalue weighted by atomic mass is 10.1. The van der Waals surface area contributed by atoms with Crippen molar-refractivity contribution in [2.24, 2.45) is 0 Å². The molecule has 1 aromatic rings. The van der Waals surface area contributed by atoms with Crippen molar-refractivity contribution in [1.82, 2.24) is 0 Å². The van der Waals surface area contributed by atoms with Gasteiger partial charge in [0.1, 0.15) is 0 Å². The third-order valence-corrected chi connectivity index (χ3v) is 2.88. The number of halogens is 1. The van der Waals surface area contributed by atoms with Gasteiger partial charge in [-0.3, -0.25) is 0 Å². The maximum atomic E-state index is 11.7. The standard InChI is InChI=1S/C14H19BrO5/c1-5-19-14(17)12(16)10-6-9(15)7-11(18-4)13(10)20-8(2)3/h6-8,12,16H,5H2,1-4H3. The summed E-state index contributed by atoms with van der Waals surface area (Å²) in [4.78, 5) is 11.7. The van der Waals surface area contributed by atoms with Gasteiger partial charge in [-0.25, -0.2) is 4.79 Å². The molecule has 1 rings (SSSR count). The van der Waals surface area contributed by atoms with Crippen molar-refractivity contribution >= 4 is 21.9 Å². The molecule has 1 unspecified atom stereocenters. The molecule has 0 saturated carbocycles. The number of benzene rings is 1. The van der Waals surface area contributed by atoms with Crippen LogP contribution in [-0.4, -0.2) is 30.9 Å². The topological polar surface area (TPSA) is 65.0 Å². The lowest BCUT2D eigenvalue weighted by Gasteiger charge is -2.20. The summed E-state index contributed by atoms with van der Waals surface area (Å²) in [6.07, 6.45) is -1.55. The molecule has 112 valence electrons. The number of ether oxygens (including phenoxy) is 3. The summed E-state index contributed by atoms with van der Waals surface area (Å²) in [5, 5.41) is 10.1. The molecule has 6 heteroatoms. The Hall–Kier alpha value is -1.27. The summed E-state index contributed by atoms with van der Waals surface area (Å²) in [6.45, 7) is 5.57. The van der Waals surface area contributed by atoms with Crippen LogP contribution in [0.2, 0.25) is 0 Å². The van der Waals surface area contributed by atoms with Gasteiger partial charge >= 0.3 is 5.97 Å². The van der Waals surface area contributed by atoms with E-state index in [0.29, 0.717) is 21.5 Å². The summed E-state index contributed by atoms with van der Waals surface area (Å²) >= 11 is 3.31. The monoisotopic (exact) mass is 346 g/mol. The average molecular weight is 347 g/mol. The Balaban J connectivity index is 3.27. The summed E-state index contributed by atoms with van der Waals surface area (Å²) in [7, 11) is 1.50. The molecule has 0 bridgehead atoms. The third-order valence-electron chi connectivity index (χ3n) is 2.43. The highest BCUT2D eigenvalue weighted by Crippen LogP contribution is 2.39. The van der Waals surface area contributed by atoms with Crippen molar-refractivity contribution < 1.29 is 24.1 Å². The molecule has 0 aromatic heterocycles. The first-order valence-corrected chi connectivity index (χ1v) is 7.08. The first kappa shape index (κ1) is 16.8. The Kier molecular flexibility index (Phi) is 6.29. The van der Waals surface area contributed by atoms with Crippen LogP contribution in [0.3, 0.4) is 0 Å². The molecular formula is C14H19BrO5. The fourth-order valence-corrected chi connectivity index (χ4v) is 2.11. The highest BCUT2D eigenvalue weighted by molar-refractivity contribution is 9.10. The summed E-state index contributed by atoms with van der Waals surface area (Å²) in [5.74, 6) is 0.0546. The molecule has 0 aliphatic carbocycles. The number of aliphatic hydroxyl groups excluding tert-OH is 1. The Morgan fingerprint density at radius 3 is 2.55 bits per heavy atom. The van der Waals surface area contributed by atoms with Gasteiger partial charge in [0.25, 0.3) is 0 Å². The van der Waals surface area contributed by atoms with E-state index in [1.165, 1.54) is 7.11 Å². The van der Waals surface area contributed by atoms with Crippen LogP contribution in [0.15, 0.2) is 16.6 Å². The van der Waals surface area contributed by atoms with Crippen LogP contribution >= 0.6 is 15.9 Å². The van der Waals surface area contributed by atoms with Gasteiger partial charge in [-0.15, -0.1) is 0 Å². The molecule has 0 amide bonds. The maximum Gasteiger partial charge on any atom is 0.339 e. The van der Waals surface area contributed by atoms with E-state index in [4.69, 9.17) is 14.2 Å². The Bertz CT molecular complexity index is 473. The smallest absolute Gasteiger partial charge is 0.339 e. The second-order valence-electron chi connectivity index (χ2n) is 4.35. The van der Waals surface area contributed by atoms with Crippen molar-refractivity contribution in [3.05, 3.63) is 22.2 Å². The molecule has 20 heavy (non-hydrogen) atoms. The third kappa shape index (κ3) is 4.11. The molecule has 0 spiro atoms. The average Bonchev–Trinajstić information content (AvgIpc) is 2.39. The number of methoxy groups -OCH3 is 1. The first-order chi connectivity index (χ1) is 9.40. The molecule has 0 heterocycles. The van der Waals surface area contributed by atoms with Crippen LogP contribution in [0.4, 0.5) is 0 Å². The Labute approximate surface area is 127 Å². The molecule has 0 saturated heterocycles. The molecule has 0 radical (unpaired) electrons. The largest absolute Gasteiger partial charge is 0.493 e. The molecule has 5 nitrogen and oxygen atoms in total. The van der Waals surface area contributed by atoms with Crippen molar-refractivity contribution in [1.29, 1.82) is 0 Å². The van der Waals surface area contributed by atoms with Gasteiger partial charge < -0.3 is 19.3 Å². The van der Waals surface area contributed by atoms with Crippen molar-refractivity contribution in [2.75, 3.05) is 13.7 Å². The molecule has 0 aliphatic rings. The van der Waals surface area contributed by atoms with Crippen LogP contribution in [0, 0.1) is 0 Å². The number of rotatable bonds is 6. The van der Waals surface area contributed by atoms with E-state index in [2.05, 4.69) is 15.9 Å². The molecule has 0 aliphatic heterocycles. The number of esters is 1. The van der Waals surface area contributed by atoms with Crippen LogP contribution in [0.5, 0.6) is 11.5 Å². The minimum atomic E-state index is -1.42. The van der Waals surface area contributed by atoms with Gasteiger partial charge in [0.05, 0.1) is 19.8 Å². The van der Waals surface area contributed by atoms with Gasteiger partial charge in [-0.05, 0) is 32.9 Å². The van der Waals surface area contributed by atoms with Crippen molar-refractivity contribution in [3.8, 4) is 11.5 Å². The SMILES string of the molecule is CCOC(=O)C(O)c1cc(Br)cc(OC)c1OC(C)C. The van der Waals surface area contributed by atoms with E-state index < -0.39 is 12.1 Å². The highest BCUT2D eigenvalue weighted by atomic mass is 79.9. The lowest BCUT2D eigenvalue weighted by molar-refractivity contribution is -0.153. The normalized spacial score (nSPS) is 12.2. The van der Waals surface area contributed by atoms with Crippen molar-refractivity contribution in [2.45, 2.75) is 33.0 Å². The maximum absolute atomic E-state index is 11.7. The number of carbonyl (C=O) groups excluding carboxylic acids is 1. The van der Waals surface area contributed by atoms with Crippen LogP contribution < -0.4 is 9.47 Å². The van der Waals surface area contributed by atoms with Gasteiger partial charge in [-0.1, -0.05) is 15.9 Å². The van der Waals surface area contributed by atoms with Gasteiger partial charge in [0.15, 0.2) is 17.6 Å². The molecular weight excluding hydrogens is 328 g/mol. The first-order valence-electron chi connectivity index (χ1n) is 6.29. The minimum Gasteiger partial charge on any atom is -0.493 e. The van der Waals surface area contributed by atoms with E-state index >= 15 is 0 Å². The zero-order chi connectivity index (χ0) is 15.3. The van der Waals surface area contributed by atoms with Gasteiger partial charge in [0, 0.05) is 10.0 Å². The molecule has 1 aromatic carbocycles. The highest BCUT2D eigenvalue weighted by Gasteiger charge is 2.26. The van der Waals surface area contributed by atoms with E-state index in [0.717, 1.165) is 0 Å². The second-order valence-corrected chi connectivity index (χ2v) is 5.26. The zero-order valence-corrected chi connectivity index (χ0v) is 13.6.